The van der Waals surface area contributed by atoms with Crippen molar-refractivity contribution in [1.82, 2.24) is 5.06 Å². The van der Waals surface area contributed by atoms with Crippen LogP contribution in [0.5, 0.6) is 0 Å². The molecule has 0 spiro atoms. The van der Waals surface area contributed by atoms with Crippen LogP contribution in [0.25, 0.3) is 0 Å². The Morgan fingerprint density at radius 2 is 1.85 bits per heavy atom. The zero-order valence-electron chi connectivity index (χ0n) is 12.2. The van der Waals surface area contributed by atoms with Crippen molar-refractivity contribution >= 4 is 12.0 Å². The standard InChI is InChI=1S/C13H21N3O4/c1-6-8-17-11-14-10-16(20-19-13(3,4)5)12(15-11)18-9-7-2/h6-7H,1-2,8-10H2,3-5H3. The van der Waals surface area contributed by atoms with E-state index in [0.29, 0.717) is 6.61 Å². The highest BCUT2D eigenvalue weighted by atomic mass is 17.3. The van der Waals surface area contributed by atoms with E-state index in [0.717, 1.165) is 0 Å². The maximum Gasteiger partial charge on any atom is 0.326 e. The van der Waals surface area contributed by atoms with Gasteiger partial charge in [0.2, 0.25) is 0 Å². The van der Waals surface area contributed by atoms with Crippen LogP contribution >= 0.6 is 0 Å². The molecule has 0 aromatic heterocycles. The zero-order valence-corrected chi connectivity index (χ0v) is 12.2. The Morgan fingerprint density at radius 3 is 2.45 bits per heavy atom. The van der Waals surface area contributed by atoms with Crippen molar-refractivity contribution in [2.24, 2.45) is 9.98 Å². The molecule has 0 atom stereocenters. The molecule has 0 aromatic carbocycles. The molecule has 0 amide bonds. The molecule has 1 rings (SSSR count). The molecule has 1 aliphatic heterocycles. The van der Waals surface area contributed by atoms with Gasteiger partial charge in [-0.3, -0.25) is 0 Å². The van der Waals surface area contributed by atoms with E-state index in [9.17, 15) is 0 Å². The molecule has 0 saturated carbocycles. The summed E-state index contributed by atoms with van der Waals surface area (Å²) < 4.78 is 10.6. The van der Waals surface area contributed by atoms with Crippen LogP contribution in [-0.4, -0.2) is 42.6 Å². The van der Waals surface area contributed by atoms with Crippen LogP contribution in [0.4, 0.5) is 0 Å². The highest BCUT2D eigenvalue weighted by Crippen LogP contribution is 2.12. The normalized spacial score (nSPS) is 15.2. The van der Waals surface area contributed by atoms with Crippen molar-refractivity contribution < 1.29 is 19.3 Å². The summed E-state index contributed by atoms with van der Waals surface area (Å²) in [5, 5.41) is 1.29. The number of rotatable bonds is 6. The van der Waals surface area contributed by atoms with Gasteiger partial charge >= 0.3 is 12.0 Å². The average molecular weight is 283 g/mol. The monoisotopic (exact) mass is 283 g/mol. The Kier molecular flexibility index (Phi) is 6.20. The smallest absolute Gasteiger partial charge is 0.326 e. The predicted octanol–water partition coefficient (Wildman–Crippen LogP) is 2.04. The van der Waals surface area contributed by atoms with E-state index < -0.39 is 5.60 Å². The maximum atomic E-state index is 5.39. The van der Waals surface area contributed by atoms with Gasteiger partial charge in [-0.1, -0.05) is 25.3 Å². The minimum Gasteiger partial charge on any atom is -0.459 e. The highest BCUT2D eigenvalue weighted by molar-refractivity contribution is 5.90. The van der Waals surface area contributed by atoms with E-state index in [-0.39, 0.29) is 25.3 Å². The van der Waals surface area contributed by atoms with E-state index in [1.54, 1.807) is 12.2 Å². The van der Waals surface area contributed by atoms with Gasteiger partial charge in [-0.25, -0.2) is 9.88 Å². The molecule has 0 aliphatic carbocycles. The summed E-state index contributed by atoms with van der Waals surface area (Å²) in [5.41, 5.74) is -0.465. The summed E-state index contributed by atoms with van der Waals surface area (Å²) in [7, 11) is 0. The Hall–Kier alpha value is -1.86. The Labute approximate surface area is 119 Å². The molecule has 7 nitrogen and oxygen atoms in total. The van der Waals surface area contributed by atoms with Crippen molar-refractivity contribution in [1.29, 1.82) is 0 Å². The summed E-state index contributed by atoms with van der Waals surface area (Å²) >= 11 is 0. The summed E-state index contributed by atoms with van der Waals surface area (Å²) in [6.45, 7) is 13.5. The summed E-state index contributed by atoms with van der Waals surface area (Å²) in [6, 6.07) is 0.405. The number of hydrogen-bond donors (Lipinski definition) is 0. The first-order valence-electron chi connectivity index (χ1n) is 6.20. The summed E-state index contributed by atoms with van der Waals surface area (Å²) in [4.78, 5) is 18.5. The number of nitrogens with zero attached hydrogens (tertiary/aromatic N) is 3. The van der Waals surface area contributed by atoms with Crippen LogP contribution < -0.4 is 0 Å². The van der Waals surface area contributed by atoms with E-state index in [1.807, 2.05) is 20.8 Å². The maximum absolute atomic E-state index is 5.39. The van der Waals surface area contributed by atoms with Crippen molar-refractivity contribution in [3.8, 4) is 0 Å². The molecule has 112 valence electrons. The van der Waals surface area contributed by atoms with Crippen molar-refractivity contribution in [2.45, 2.75) is 26.4 Å². The van der Waals surface area contributed by atoms with Crippen LogP contribution in [0, 0.1) is 0 Å². The molecule has 1 aliphatic rings. The van der Waals surface area contributed by atoms with E-state index in [2.05, 4.69) is 23.1 Å². The molecular formula is C13H21N3O4. The van der Waals surface area contributed by atoms with E-state index >= 15 is 0 Å². The summed E-state index contributed by atoms with van der Waals surface area (Å²) in [6.07, 6.45) is 3.20. The van der Waals surface area contributed by atoms with Gasteiger partial charge in [-0.2, -0.15) is 5.06 Å². The fourth-order valence-electron chi connectivity index (χ4n) is 1.02. The van der Waals surface area contributed by atoms with Crippen LogP contribution in [0.3, 0.4) is 0 Å². The molecule has 1 heterocycles. The second kappa shape index (κ2) is 7.66. The molecule has 7 heteroatoms. The largest absolute Gasteiger partial charge is 0.459 e. The third kappa shape index (κ3) is 5.85. The first kappa shape index (κ1) is 16.2. The molecule has 0 fully saturated rings. The fraction of sp³-hybridized carbons (Fsp3) is 0.538. The first-order chi connectivity index (χ1) is 9.46. The van der Waals surface area contributed by atoms with Crippen LogP contribution in [0.15, 0.2) is 35.3 Å². The molecule has 0 N–H and O–H groups in total. The van der Waals surface area contributed by atoms with Gasteiger partial charge in [-0.05, 0) is 20.8 Å². The minimum atomic E-state index is -0.465. The van der Waals surface area contributed by atoms with Crippen molar-refractivity contribution in [3.05, 3.63) is 25.3 Å². The Morgan fingerprint density at radius 1 is 1.20 bits per heavy atom. The van der Waals surface area contributed by atoms with Gasteiger partial charge in [-0.15, -0.1) is 9.98 Å². The second-order valence-corrected chi connectivity index (χ2v) is 4.82. The van der Waals surface area contributed by atoms with E-state index in [4.69, 9.17) is 19.3 Å². The molecule has 0 saturated heterocycles. The van der Waals surface area contributed by atoms with Gasteiger partial charge in [0.15, 0.2) is 0 Å². The molecular weight excluding hydrogens is 262 g/mol. The van der Waals surface area contributed by atoms with Crippen molar-refractivity contribution in [2.75, 3.05) is 19.9 Å². The second-order valence-electron chi connectivity index (χ2n) is 4.82. The third-order valence-electron chi connectivity index (χ3n) is 1.78. The number of hydroxylamine groups is 2. The molecule has 20 heavy (non-hydrogen) atoms. The lowest BCUT2D eigenvalue weighted by Crippen LogP contribution is -2.39. The SMILES string of the molecule is C=CCOC1=NCN(OOC(C)(C)C)C(OCC=C)=N1. The Balaban J connectivity index is 2.66. The van der Waals surface area contributed by atoms with Crippen LogP contribution in [0.1, 0.15) is 20.8 Å². The lowest BCUT2D eigenvalue weighted by atomic mass is 10.2. The first-order valence-corrected chi connectivity index (χ1v) is 6.20. The lowest BCUT2D eigenvalue weighted by Gasteiger charge is -2.27. The van der Waals surface area contributed by atoms with Gasteiger partial charge in [0.1, 0.15) is 19.9 Å². The van der Waals surface area contributed by atoms with Crippen LogP contribution in [-0.2, 0) is 19.3 Å². The highest BCUT2D eigenvalue weighted by Gasteiger charge is 2.24. The zero-order chi connectivity index (χ0) is 15.0. The molecule has 0 unspecified atom stereocenters. The number of amidine groups is 2. The topological polar surface area (TPSA) is 64.9 Å². The molecule has 0 bridgehead atoms. The van der Waals surface area contributed by atoms with Crippen LogP contribution in [0.2, 0.25) is 0 Å². The van der Waals surface area contributed by atoms with Crippen molar-refractivity contribution in [3.63, 3.8) is 0 Å². The quantitative estimate of drug-likeness (QED) is 0.424. The summed E-state index contributed by atoms with van der Waals surface area (Å²) in [5.74, 6) is 0. The fourth-order valence-corrected chi connectivity index (χ4v) is 1.02. The van der Waals surface area contributed by atoms with Gasteiger partial charge in [0, 0.05) is 0 Å². The number of ether oxygens (including phenoxy) is 2. The number of aliphatic imine (C=N–C) groups is 2. The van der Waals surface area contributed by atoms with E-state index in [1.165, 1.54) is 5.06 Å². The molecule has 0 radical (unpaired) electrons. The minimum absolute atomic E-state index is 0.151. The predicted molar refractivity (Wildman–Crippen MR) is 75.8 cm³/mol. The van der Waals surface area contributed by atoms with Gasteiger partial charge < -0.3 is 9.47 Å². The molecule has 0 aromatic rings. The average Bonchev–Trinajstić information content (AvgIpc) is 2.40. The Bertz CT molecular complexity index is 399. The third-order valence-corrected chi connectivity index (χ3v) is 1.78. The van der Waals surface area contributed by atoms with Gasteiger partial charge in [0.05, 0.1) is 5.60 Å². The lowest BCUT2D eigenvalue weighted by molar-refractivity contribution is -0.442. The van der Waals surface area contributed by atoms with Gasteiger partial charge in [0.25, 0.3) is 0 Å². The number of hydrogen-bond acceptors (Lipinski definition) is 7.